The molecule has 13 heteroatoms. The molecule has 12 nitrogen and oxygen atoms in total. The second-order valence-electron chi connectivity index (χ2n) is 9.71. The number of aryl methyl sites for hydroxylation is 1. The zero-order valence-corrected chi connectivity index (χ0v) is 25.6. The van der Waals surface area contributed by atoms with Gasteiger partial charge in [-0.15, -0.1) is 11.3 Å². The average molecular weight is 611 g/mol. The van der Waals surface area contributed by atoms with Crippen molar-refractivity contribution in [1.29, 1.82) is 0 Å². The van der Waals surface area contributed by atoms with Crippen LogP contribution in [0.15, 0.2) is 34.4 Å². The Balaban J connectivity index is 1.73. The Bertz CT molecular complexity index is 1610. The number of fused-ring (bicyclic) bond motifs is 3. The summed E-state index contributed by atoms with van der Waals surface area (Å²) in [5, 5.41) is 10.3. The zero-order valence-electron chi connectivity index (χ0n) is 24.8. The molecule has 2 amide bonds. The summed E-state index contributed by atoms with van der Waals surface area (Å²) >= 11 is 1.08. The van der Waals surface area contributed by atoms with Crippen LogP contribution in [0, 0.1) is 0 Å². The van der Waals surface area contributed by atoms with E-state index in [2.05, 4.69) is 20.9 Å². The number of benzene rings is 1. The van der Waals surface area contributed by atoms with E-state index in [9.17, 15) is 19.2 Å². The van der Waals surface area contributed by atoms with Crippen LogP contribution in [-0.2, 0) is 20.7 Å². The fourth-order valence-corrected chi connectivity index (χ4v) is 5.65. The Morgan fingerprint density at radius 2 is 1.84 bits per heavy atom. The van der Waals surface area contributed by atoms with E-state index in [1.54, 1.807) is 33.1 Å². The number of methoxy groups -OCH3 is 3. The van der Waals surface area contributed by atoms with Crippen LogP contribution in [-0.4, -0.2) is 56.7 Å². The third-order valence-corrected chi connectivity index (χ3v) is 7.66. The molecule has 1 heterocycles. The molecule has 4 rings (SSSR count). The molecule has 0 radical (unpaired) electrons. The number of rotatable bonds is 10. The van der Waals surface area contributed by atoms with E-state index in [4.69, 9.17) is 18.9 Å². The van der Waals surface area contributed by atoms with Crippen molar-refractivity contribution >= 4 is 39.9 Å². The van der Waals surface area contributed by atoms with E-state index in [1.165, 1.54) is 32.6 Å². The summed E-state index contributed by atoms with van der Waals surface area (Å²) in [6.45, 7) is 4.93. The zero-order chi connectivity index (χ0) is 31.3. The quantitative estimate of drug-likeness (QED) is 0.288. The lowest BCUT2D eigenvalue weighted by atomic mass is 9.95. The molecule has 0 unspecified atom stereocenters. The number of amides is 2. The number of nitrogens with one attached hydrogen (secondary N) is 3. The van der Waals surface area contributed by atoms with E-state index >= 15 is 0 Å². The number of carbonyl (C=O) groups excluding carboxylic acids is 3. The molecule has 0 bridgehead atoms. The lowest BCUT2D eigenvalue weighted by molar-refractivity contribution is -0.119. The second-order valence-corrected chi connectivity index (χ2v) is 10.6. The first kappa shape index (κ1) is 31.3. The van der Waals surface area contributed by atoms with Crippen LogP contribution in [0.2, 0.25) is 0 Å². The molecule has 1 aromatic heterocycles. The van der Waals surface area contributed by atoms with Crippen molar-refractivity contribution < 1.29 is 33.3 Å². The molecular weight excluding hydrogens is 576 g/mol. The van der Waals surface area contributed by atoms with Crippen LogP contribution in [0.1, 0.15) is 54.8 Å². The van der Waals surface area contributed by atoms with Crippen LogP contribution in [0.3, 0.4) is 0 Å². The maximum absolute atomic E-state index is 13.5. The molecule has 228 valence electrons. The summed E-state index contributed by atoms with van der Waals surface area (Å²) < 4.78 is 21.9. The summed E-state index contributed by atoms with van der Waals surface area (Å²) in [6.07, 6.45) is 1.09. The van der Waals surface area contributed by atoms with Gasteiger partial charge < -0.3 is 34.9 Å². The number of hydrogen-bond donors (Lipinski definition) is 3. The normalized spacial score (nSPS) is 14.2. The average Bonchev–Trinajstić information content (AvgIpc) is 3.33. The van der Waals surface area contributed by atoms with Crippen LogP contribution in [0.4, 0.5) is 10.8 Å². The number of ether oxygens (including phenoxy) is 4. The van der Waals surface area contributed by atoms with Gasteiger partial charge in [-0.25, -0.2) is 9.78 Å². The van der Waals surface area contributed by atoms with Gasteiger partial charge in [0.05, 0.1) is 39.7 Å². The molecule has 1 aliphatic carbocycles. The van der Waals surface area contributed by atoms with Crippen molar-refractivity contribution in [3.63, 3.8) is 0 Å². The SMILES string of the molecule is CCOC(=O)c1csc(NC(=O)[C@H](C)Nc2ccc3c(cc2=O)[C@@H](NC(C)=O)CCc2cc(OC)c(OC)c(OC)c2-3)n1. The van der Waals surface area contributed by atoms with Crippen molar-refractivity contribution in [2.75, 3.05) is 38.6 Å². The number of anilines is 2. The predicted molar refractivity (Wildman–Crippen MR) is 162 cm³/mol. The first-order chi connectivity index (χ1) is 20.6. The molecule has 0 aliphatic heterocycles. The van der Waals surface area contributed by atoms with Crippen LogP contribution in [0.5, 0.6) is 17.2 Å². The molecule has 0 fully saturated rings. The largest absolute Gasteiger partial charge is 0.493 e. The third kappa shape index (κ3) is 6.72. The molecule has 0 spiro atoms. The van der Waals surface area contributed by atoms with Gasteiger partial charge >= 0.3 is 5.97 Å². The number of thiazole rings is 1. The van der Waals surface area contributed by atoms with Gasteiger partial charge in [-0.2, -0.15) is 0 Å². The summed E-state index contributed by atoms with van der Waals surface area (Å²) in [6, 6.07) is 5.41. The number of nitrogens with zero attached hydrogens (tertiary/aromatic N) is 1. The lowest BCUT2D eigenvalue weighted by Gasteiger charge is -2.19. The van der Waals surface area contributed by atoms with Gasteiger partial charge in [-0.3, -0.25) is 14.4 Å². The summed E-state index contributed by atoms with van der Waals surface area (Å²) in [4.78, 5) is 54.6. The molecule has 1 aliphatic rings. The van der Waals surface area contributed by atoms with Crippen molar-refractivity contribution in [3.8, 4) is 28.4 Å². The number of esters is 1. The topological polar surface area (TPSA) is 154 Å². The third-order valence-electron chi connectivity index (χ3n) is 6.90. The summed E-state index contributed by atoms with van der Waals surface area (Å²) in [7, 11) is 4.59. The Hall–Kier alpha value is -4.65. The Morgan fingerprint density at radius 3 is 2.49 bits per heavy atom. The minimum Gasteiger partial charge on any atom is -0.493 e. The first-order valence-electron chi connectivity index (χ1n) is 13.6. The molecule has 2 atom stereocenters. The molecule has 3 N–H and O–H groups in total. The summed E-state index contributed by atoms with van der Waals surface area (Å²) in [5.41, 5.74) is 2.78. The number of carbonyl (C=O) groups is 3. The smallest absolute Gasteiger partial charge is 0.357 e. The Labute approximate surface area is 252 Å². The van der Waals surface area contributed by atoms with E-state index in [1.807, 2.05) is 6.07 Å². The van der Waals surface area contributed by atoms with E-state index in [0.717, 1.165) is 22.5 Å². The first-order valence-corrected chi connectivity index (χ1v) is 14.5. The highest BCUT2D eigenvalue weighted by Gasteiger charge is 2.29. The molecular formula is C30H34N4O8S. The fourth-order valence-electron chi connectivity index (χ4n) is 4.97. The highest BCUT2D eigenvalue weighted by molar-refractivity contribution is 7.14. The maximum Gasteiger partial charge on any atom is 0.357 e. The number of hydrogen-bond acceptors (Lipinski definition) is 11. The summed E-state index contributed by atoms with van der Waals surface area (Å²) in [5.74, 6) is 0.0627. The van der Waals surface area contributed by atoms with Gasteiger partial charge in [0.15, 0.2) is 22.3 Å². The van der Waals surface area contributed by atoms with Gasteiger partial charge in [0.25, 0.3) is 0 Å². The van der Waals surface area contributed by atoms with Gasteiger partial charge in [0.1, 0.15) is 6.04 Å². The Kier molecular flexibility index (Phi) is 9.86. The minimum absolute atomic E-state index is 0.0971. The molecule has 43 heavy (non-hydrogen) atoms. The molecule has 2 aromatic carbocycles. The van der Waals surface area contributed by atoms with Crippen molar-refractivity contribution in [3.05, 3.63) is 56.7 Å². The van der Waals surface area contributed by atoms with E-state index in [-0.39, 0.29) is 34.5 Å². The van der Waals surface area contributed by atoms with Crippen LogP contribution < -0.4 is 35.6 Å². The minimum atomic E-state index is -0.845. The Morgan fingerprint density at radius 1 is 1.09 bits per heavy atom. The maximum atomic E-state index is 13.5. The highest BCUT2D eigenvalue weighted by atomic mass is 32.1. The van der Waals surface area contributed by atoms with E-state index < -0.39 is 24.0 Å². The molecule has 3 aromatic rings. The standard InChI is InChI=1S/C30H34N4O8S/c1-7-42-29(38)22-14-43-30(33-22)34-28(37)15(2)31-21-11-9-18-19(13-23(21)36)20(32-16(3)35)10-8-17-12-24(39-4)26(40-5)27(41-6)25(17)18/h9,11-15,20H,7-8,10H2,1-6H3,(H,31,36)(H,32,35)(H,33,34,37)/t15-,20-/m0/s1. The molecule has 0 saturated carbocycles. The van der Waals surface area contributed by atoms with Crippen molar-refractivity contribution in [2.45, 2.75) is 45.7 Å². The molecule has 0 saturated heterocycles. The van der Waals surface area contributed by atoms with Crippen molar-refractivity contribution in [1.82, 2.24) is 10.3 Å². The van der Waals surface area contributed by atoms with Gasteiger partial charge in [-0.1, -0.05) is 6.07 Å². The second kappa shape index (κ2) is 13.6. The van der Waals surface area contributed by atoms with Gasteiger partial charge in [-0.05, 0) is 61.6 Å². The van der Waals surface area contributed by atoms with Crippen molar-refractivity contribution in [2.24, 2.45) is 0 Å². The fraction of sp³-hybridized carbons (Fsp3) is 0.367. The van der Waals surface area contributed by atoms with Crippen LogP contribution >= 0.6 is 11.3 Å². The van der Waals surface area contributed by atoms with Crippen LogP contribution in [0.25, 0.3) is 11.1 Å². The van der Waals surface area contributed by atoms with Gasteiger partial charge in [0.2, 0.25) is 23.0 Å². The van der Waals surface area contributed by atoms with E-state index in [0.29, 0.717) is 41.2 Å². The predicted octanol–water partition coefficient (Wildman–Crippen LogP) is 3.94. The van der Waals surface area contributed by atoms with Gasteiger partial charge in [0, 0.05) is 17.9 Å². The monoisotopic (exact) mass is 610 g/mol. The lowest BCUT2D eigenvalue weighted by Crippen LogP contribution is -2.33. The highest BCUT2D eigenvalue weighted by Crippen LogP contribution is 2.50. The number of aromatic nitrogens is 1.